The molecule has 1 atom stereocenters. The molecule has 8 heteroatoms. The molecule has 3 rings (SSSR count). The summed E-state index contributed by atoms with van der Waals surface area (Å²) in [6, 6.07) is 10.5. The van der Waals surface area contributed by atoms with Crippen LogP contribution in [0.15, 0.2) is 48.0 Å². The smallest absolute Gasteiger partial charge is 0.295 e. The fourth-order valence-corrected chi connectivity index (χ4v) is 4.25. The third kappa shape index (κ3) is 5.02. The Morgan fingerprint density at radius 2 is 1.79 bits per heavy atom. The van der Waals surface area contributed by atoms with Crippen LogP contribution in [0, 0.1) is 0 Å². The van der Waals surface area contributed by atoms with Crippen molar-refractivity contribution >= 4 is 17.4 Å². The highest BCUT2D eigenvalue weighted by Gasteiger charge is 2.46. The maximum absolute atomic E-state index is 13.2. The zero-order chi connectivity index (χ0) is 24.8. The third-order valence-electron chi connectivity index (χ3n) is 6.17. The molecule has 2 aromatic carbocycles. The van der Waals surface area contributed by atoms with Crippen LogP contribution in [0.25, 0.3) is 5.76 Å². The fourth-order valence-electron chi connectivity index (χ4n) is 4.25. The molecule has 0 bridgehead atoms. The number of aromatic hydroxyl groups is 1. The predicted molar refractivity (Wildman–Crippen MR) is 129 cm³/mol. The van der Waals surface area contributed by atoms with Crippen LogP contribution in [0.3, 0.4) is 0 Å². The number of ether oxygens (including phenoxy) is 2. The van der Waals surface area contributed by atoms with Crippen LogP contribution in [0.1, 0.15) is 37.4 Å². The van der Waals surface area contributed by atoms with Crippen LogP contribution in [-0.2, 0) is 9.59 Å². The van der Waals surface area contributed by atoms with Crippen molar-refractivity contribution in [3.05, 3.63) is 59.2 Å². The van der Waals surface area contributed by atoms with E-state index in [0.717, 1.165) is 19.6 Å². The molecule has 1 fully saturated rings. The SMILES string of the molecule is CCN(CC)CCCN1C(=O)C(=O)C(=C(O)c2cccc(OC)c2)C1c1ccc(O)c(OC)c1. The fraction of sp³-hybridized carbons (Fsp3) is 0.385. The number of Topliss-reactive ketones (excluding diaryl/α,β-unsaturated/α-hetero) is 1. The first-order chi connectivity index (χ1) is 16.4. The summed E-state index contributed by atoms with van der Waals surface area (Å²) >= 11 is 0. The standard InChI is InChI=1S/C26H32N2O6/c1-5-27(6-2)13-8-14-28-23(17-11-12-20(29)21(16-17)34-4)22(25(31)26(28)32)24(30)18-9-7-10-19(15-18)33-3/h7,9-12,15-16,23,29-30H,5-6,8,13-14H2,1-4H3. The van der Waals surface area contributed by atoms with E-state index in [2.05, 4.69) is 18.7 Å². The lowest BCUT2D eigenvalue weighted by atomic mass is 9.95. The predicted octanol–water partition coefficient (Wildman–Crippen LogP) is 3.56. The van der Waals surface area contributed by atoms with E-state index >= 15 is 0 Å². The number of hydrogen-bond acceptors (Lipinski definition) is 7. The van der Waals surface area contributed by atoms with Crippen molar-refractivity contribution in [3.8, 4) is 17.2 Å². The lowest BCUT2D eigenvalue weighted by Crippen LogP contribution is -2.33. The second-order valence-electron chi connectivity index (χ2n) is 8.04. The molecule has 1 saturated heterocycles. The minimum Gasteiger partial charge on any atom is -0.507 e. The number of ketones is 1. The first-order valence-electron chi connectivity index (χ1n) is 11.4. The highest BCUT2D eigenvalue weighted by atomic mass is 16.5. The number of rotatable bonds is 10. The number of aliphatic hydroxyl groups is 1. The van der Waals surface area contributed by atoms with Gasteiger partial charge in [0.05, 0.1) is 25.8 Å². The van der Waals surface area contributed by atoms with Crippen molar-refractivity contribution in [3.63, 3.8) is 0 Å². The van der Waals surface area contributed by atoms with Crippen LogP contribution in [-0.4, -0.2) is 72.1 Å². The summed E-state index contributed by atoms with van der Waals surface area (Å²) in [6.45, 7) is 7.05. The van der Waals surface area contributed by atoms with Gasteiger partial charge in [0.25, 0.3) is 11.7 Å². The lowest BCUT2D eigenvalue weighted by Gasteiger charge is -2.27. The summed E-state index contributed by atoms with van der Waals surface area (Å²) in [7, 11) is 2.94. The molecule has 0 aliphatic carbocycles. The molecule has 1 aliphatic rings. The normalized spacial score (nSPS) is 17.4. The molecule has 1 aliphatic heterocycles. The molecule has 34 heavy (non-hydrogen) atoms. The molecule has 2 aromatic rings. The van der Waals surface area contributed by atoms with Crippen molar-refractivity contribution < 1.29 is 29.3 Å². The molecular weight excluding hydrogens is 436 g/mol. The van der Waals surface area contributed by atoms with Gasteiger partial charge < -0.3 is 29.5 Å². The lowest BCUT2D eigenvalue weighted by molar-refractivity contribution is -0.140. The van der Waals surface area contributed by atoms with Gasteiger partial charge in [-0.15, -0.1) is 0 Å². The van der Waals surface area contributed by atoms with E-state index in [1.165, 1.54) is 25.2 Å². The zero-order valence-corrected chi connectivity index (χ0v) is 20.1. The summed E-state index contributed by atoms with van der Waals surface area (Å²) in [6.07, 6.45) is 0.666. The Morgan fingerprint density at radius 1 is 1.06 bits per heavy atom. The molecule has 0 saturated carbocycles. The van der Waals surface area contributed by atoms with Crippen LogP contribution < -0.4 is 9.47 Å². The first kappa shape index (κ1) is 25.1. The number of benzene rings is 2. The van der Waals surface area contributed by atoms with E-state index in [1.807, 2.05) is 0 Å². The highest BCUT2D eigenvalue weighted by Crippen LogP contribution is 2.42. The first-order valence-corrected chi connectivity index (χ1v) is 11.4. The van der Waals surface area contributed by atoms with Crippen molar-refractivity contribution in [2.24, 2.45) is 0 Å². The molecule has 0 radical (unpaired) electrons. The number of phenolic OH excluding ortho intramolecular Hbond substituents is 1. The van der Waals surface area contributed by atoms with E-state index in [4.69, 9.17) is 9.47 Å². The van der Waals surface area contributed by atoms with Gasteiger partial charge in [-0.25, -0.2) is 0 Å². The molecular formula is C26H32N2O6. The minimum atomic E-state index is -0.822. The van der Waals surface area contributed by atoms with Crippen molar-refractivity contribution in [2.75, 3.05) is 40.4 Å². The monoisotopic (exact) mass is 468 g/mol. The van der Waals surface area contributed by atoms with Crippen molar-refractivity contribution in [1.29, 1.82) is 0 Å². The van der Waals surface area contributed by atoms with Crippen LogP contribution in [0.2, 0.25) is 0 Å². The Kier molecular flexibility index (Phi) is 8.17. The summed E-state index contributed by atoms with van der Waals surface area (Å²) in [5, 5.41) is 21.2. The number of nitrogens with zero attached hydrogens (tertiary/aromatic N) is 2. The summed E-state index contributed by atoms with van der Waals surface area (Å²) in [5.74, 6) is -1.02. The van der Waals surface area contributed by atoms with Crippen molar-refractivity contribution in [2.45, 2.75) is 26.3 Å². The van der Waals surface area contributed by atoms with Gasteiger partial charge in [0.1, 0.15) is 11.5 Å². The summed E-state index contributed by atoms with van der Waals surface area (Å²) < 4.78 is 10.5. The number of amides is 1. The average molecular weight is 469 g/mol. The molecule has 1 heterocycles. The van der Waals surface area contributed by atoms with Crippen molar-refractivity contribution in [1.82, 2.24) is 9.80 Å². The second kappa shape index (κ2) is 11.1. The molecule has 1 amide bonds. The quantitative estimate of drug-likeness (QED) is 0.312. The molecule has 1 unspecified atom stereocenters. The number of likely N-dealkylation sites (tertiary alicyclic amines) is 1. The summed E-state index contributed by atoms with van der Waals surface area (Å²) in [4.78, 5) is 30.0. The molecule has 8 nitrogen and oxygen atoms in total. The molecule has 2 N–H and O–H groups in total. The largest absolute Gasteiger partial charge is 0.507 e. The number of carbonyl (C=O) groups is 2. The Hall–Kier alpha value is -3.52. The molecule has 0 spiro atoms. The number of carbonyl (C=O) groups excluding carboxylic acids is 2. The topological polar surface area (TPSA) is 99.5 Å². The van der Waals surface area contributed by atoms with E-state index in [0.29, 0.717) is 29.8 Å². The average Bonchev–Trinajstić information content (AvgIpc) is 3.11. The van der Waals surface area contributed by atoms with Gasteiger partial charge in [-0.2, -0.15) is 0 Å². The molecule has 182 valence electrons. The van der Waals surface area contributed by atoms with E-state index in [1.54, 1.807) is 36.4 Å². The van der Waals surface area contributed by atoms with Gasteiger partial charge in [0, 0.05) is 12.1 Å². The van der Waals surface area contributed by atoms with Crippen LogP contribution in [0.4, 0.5) is 0 Å². The number of methoxy groups -OCH3 is 2. The van der Waals surface area contributed by atoms with Crippen LogP contribution in [0.5, 0.6) is 17.2 Å². The number of aliphatic hydroxyl groups excluding tert-OH is 1. The summed E-state index contributed by atoms with van der Waals surface area (Å²) in [5.41, 5.74) is 0.922. The zero-order valence-electron chi connectivity index (χ0n) is 20.1. The van der Waals surface area contributed by atoms with Crippen LogP contribution >= 0.6 is 0 Å². The molecule has 0 aromatic heterocycles. The van der Waals surface area contributed by atoms with Gasteiger partial charge in [-0.05, 0) is 55.9 Å². The number of hydrogen-bond donors (Lipinski definition) is 2. The van der Waals surface area contributed by atoms with E-state index < -0.39 is 17.7 Å². The third-order valence-corrected chi connectivity index (χ3v) is 6.17. The maximum Gasteiger partial charge on any atom is 0.295 e. The van der Waals surface area contributed by atoms with Gasteiger partial charge in [0.2, 0.25) is 0 Å². The van der Waals surface area contributed by atoms with Gasteiger partial charge in [-0.1, -0.05) is 32.0 Å². The second-order valence-corrected chi connectivity index (χ2v) is 8.04. The van der Waals surface area contributed by atoms with E-state index in [-0.39, 0.29) is 22.8 Å². The number of phenols is 1. The maximum atomic E-state index is 13.2. The Morgan fingerprint density at radius 3 is 2.44 bits per heavy atom. The minimum absolute atomic E-state index is 0.00571. The Balaban J connectivity index is 2.09. The van der Waals surface area contributed by atoms with Gasteiger partial charge >= 0.3 is 0 Å². The van der Waals surface area contributed by atoms with E-state index in [9.17, 15) is 19.8 Å². The Labute approximate surface area is 200 Å². The highest BCUT2D eigenvalue weighted by molar-refractivity contribution is 6.46. The Bertz CT molecular complexity index is 1080. The van der Waals surface area contributed by atoms with Gasteiger partial charge in [-0.3, -0.25) is 9.59 Å². The van der Waals surface area contributed by atoms with Gasteiger partial charge in [0.15, 0.2) is 11.5 Å².